The summed E-state index contributed by atoms with van der Waals surface area (Å²) in [7, 11) is 0. The fourth-order valence-electron chi connectivity index (χ4n) is 5.51. The minimum absolute atomic E-state index is 0.161. The van der Waals surface area contributed by atoms with Gasteiger partial charge in [-0.3, -0.25) is 9.80 Å². The first-order valence-electron chi connectivity index (χ1n) is 16.1. The number of benzene rings is 3. The summed E-state index contributed by atoms with van der Waals surface area (Å²) < 4.78 is 27.1. The number of carbonyl (C=O) groups excluding carboxylic acids is 2. The van der Waals surface area contributed by atoms with Crippen LogP contribution in [0.25, 0.3) is 11.1 Å². The van der Waals surface area contributed by atoms with Crippen molar-refractivity contribution >= 4 is 33.6 Å². The minimum Gasteiger partial charge on any atom is -0.463 e. The SMILES string of the molecule is CCN(CC)Cc1cc(C(=O)OCCN2CCN(CCCOC(=O)C(C)(F)c3ccc(-c4ccccc4)cc3)CC2)cc(Br)c1N. The van der Waals surface area contributed by atoms with Gasteiger partial charge in [-0.2, -0.15) is 0 Å². The molecule has 10 heteroatoms. The van der Waals surface area contributed by atoms with Gasteiger partial charge in [0.25, 0.3) is 0 Å². The Hall–Kier alpha value is -3.31. The number of hydrogen-bond donors (Lipinski definition) is 1. The molecule has 0 radical (unpaired) electrons. The fourth-order valence-corrected chi connectivity index (χ4v) is 6.01. The molecule has 3 aromatic carbocycles. The van der Waals surface area contributed by atoms with Crippen LogP contribution in [0.4, 0.5) is 10.1 Å². The largest absolute Gasteiger partial charge is 0.463 e. The van der Waals surface area contributed by atoms with Crippen molar-refractivity contribution in [3.05, 3.63) is 87.9 Å². The normalized spacial score (nSPS) is 15.4. The van der Waals surface area contributed by atoms with E-state index in [0.717, 1.165) is 62.5 Å². The Morgan fingerprint density at radius 3 is 2.13 bits per heavy atom. The molecule has 1 aliphatic rings. The summed E-state index contributed by atoms with van der Waals surface area (Å²) in [6, 6.07) is 20.3. The lowest BCUT2D eigenvalue weighted by molar-refractivity contribution is -0.157. The Labute approximate surface area is 280 Å². The van der Waals surface area contributed by atoms with E-state index in [2.05, 4.69) is 44.5 Å². The lowest BCUT2D eigenvalue weighted by Gasteiger charge is -2.34. The summed E-state index contributed by atoms with van der Waals surface area (Å²) in [5.74, 6) is -1.23. The highest BCUT2D eigenvalue weighted by atomic mass is 79.9. The van der Waals surface area contributed by atoms with E-state index in [4.69, 9.17) is 15.2 Å². The molecule has 0 saturated carbocycles. The second-order valence-corrected chi connectivity index (χ2v) is 12.6. The molecule has 1 saturated heterocycles. The summed E-state index contributed by atoms with van der Waals surface area (Å²) in [6.07, 6.45) is 0.625. The van der Waals surface area contributed by atoms with Crippen molar-refractivity contribution in [2.45, 2.75) is 39.4 Å². The van der Waals surface area contributed by atoms with Crippen molar-refractivity contribution in [1.29, 1.82) is 0 Å². The van der Waals surface area contributed by atoms with Crippen molar-refractivity contribution in [2.75, 3.05) is 71.3 Å². The molecular weight excluding hydrogens is 651 g/mol. The molecule has 0 aliphatic carbocycles. The Morgan fingerprint density at radius 1 is 0.891 bits per heavy atom. The third kappa shape index (κ3) is 9.61. The van der Waals surface area contributed by atoms with Gasteiger partial charge in [0.1, 0.15) is 6.61 Å². The lowest BCUT2D eigenvalue weighted by atomic mass is 9.95. The molecule has 1 atom stereocenters. The van der Waals surface area contributed by atoms with Crippen LogP contribution in [-0.2, 0) is 26.5 Å². The number of alkyl halides is 1. The van der Waals surface area contributed by atoms with E-state index in [1.54, 1.807) is 18.2 Å². The van der Waals surface area contributed by atoms with E-state index in [1.807, 2.05) is 48.5 Å². The Balaban J connectivity index is 1.13. The van der Waals surface area contributed by atoms with E-state index in [-0.39, 0.29) is 18.1 Å². The molecule has 4 rings (SSSR count). The van der Waals surface area contributed by atoms with Crippen molar-refractivity contribution in [1.82, 2.24) is 14.7 Å². The van der Waals surface area contributed by atoms with Crippen molar-refractivity contribution in [3.63, 3.8) is 0 Å². The number of esters is 2. The molecule has 3 aromatic rings. The number of halogens is 2. The number of carbonyl (C=O) groups is 2. The Kier molecular flexibility index (Phi) is 13.1. The van der Waals surface area contributed by atoms with Gasteiger partial charge < -0.3 is 20.1 Å². The van der Waals surface area contributed by atoms with Gasteiger partial charge in [0.15, 0.2) is 0 Å². The maximum atomic E-state index is 15.4. The third-order valence-corrected chi connectivity index (χ3v) is 9.27. The van der Waals surface area contributed by atoms with Crippen LogP contribution in [0.3, 0.4) is 0 Å². The molecule has 248 valence electrons. The number of nitrogen functional groups attached to an aromatic ring is 1. The molecular formula is C36H46BrFN4O4. The van der Waals surface area contributed by atoms with Crippen LogP contribution in [0, 0.1) is 0 Å². The number of ether oxygens (including phenoxy) is 2. The third-order valence-electron chi connectivity index (χ3n) is 8.61. The zero-order valence-electron chi connectivity index (χ0n) is 27.1. The number of nitrogens with two attached hydrogens (primary N) is 1. The first-order valence-corrected chi connectivity index (χ1v) is 16.9. The number of hydrogen-bond acceptors (Lipinski definition) is 8. The fraction of sp³-hybridized carbons (Fsp3) is 0.444. The van der Waals surface area contributed by atoms with Crippen LogP contribution in [-0.4, -0.2) is 92.2 Å². The minimum atomic E-state index is -2.22. The predicted octanol–water partition coefficient (Wildman–Crippen LogP) is 6.13. The van der Waals surface area contributed by atoms with Crippen molar-refractivity contribution in [2.24, 2.45) is 0 Å². The van der Waals surface area contributed by atoms with Crippen molar-refractivity contribution < 1.29 is 23.5 Å². The van der Waals surface area contributed by atoms with Crippen LogP contribution in [0.1, 0.15) is 48.7 Å². The number of nitrogens with zero attached hydrogens (tertiary/aromatic N) is 3. The zero-order valence-corrected chi connectivity index (χ0v) is 28.7. The Morgan fingerprint density at radius 2 is 1.50 bits per heavy atom. The van der Waals surface area contributed by atoms with Gasteiger partial charge in [0.2, 0.25) is 5.67 Å². The maximum Gasteiger partial charge on any atom is 0.348 e. The average molecular weight is 698 g/mol. The summed E-state index contributed by atoms with van der Waals surface area (Å²) in [4.78, 5) is 32.2. The highest BCUT2D eigenvalue weighted by molar-refractivity contribution is 9.10. The molecule has 0 spiro atoms. The Bertz CT molecular complexity index is 1430. The van der Waals surface area contributed by atoms with Gasteiger partial charge >= 0.3 is 11.9 Å². The van der Waals surface area contributed by atoms with Gasteiger partial charge in [-0.15, -0.1) is 0 Å². The molecule has 0 amide bonds. The predicted molar refractivity (Wildman–Crippen MR) is 184 cm³/mol. The first kappa shape index (κ1) is 35.5. The number of piperazine rings is 1. The molecule has 46 heavy (non-hydrogen) atoms. The molecule has 0 bridgehead atoms. The second-order valence-electron chi connectivity index (χ2n) is 11.7. The summed E-state index contributed by atoms with van der Waals surface area (Å²) in [6.45, 7) is 13.2. The van der Waals surface area contributed by atoms with Crippen molar-refractivity contribution in [3.8, 4) is 11.1 Å². The van der Waals surface area contributed by atoms with Crippen LogP contribution < -0.4 is 5.73 Å². The van der Waals surface area contributed by atoms with E-state index >= 15 is 4.39 Å². The summed E-state index contributed by atoms with van der Waals surface area (Å²) in [5.41, 5.74) is 8.34. The van der Waals surface area contributed by atoms with Gasteiger partial charge in [0, 0.05) is 55.8 Å². The van der Waals surface area contributed by atoms with Gasteiger partial charge in [0.05, 0.1) is 17.9 Å². The topological polar surface area (TPSA) is 88.3 Å². The number of anilines is 1. The average Bonchev–Trinajstić information content (AvgIpc) is 3.08. The smallest absolute Gasteiger partial charge is 0.348 e. The second kappa shape index (κ2) is 17.0. The maximum absolute atomic E-state index is 15.4. The zero-order chi connectivity index (χ0) is 33.1. The lowest BCUT2D eigenvalue weighted by Crippen LogP contribution is -2.47. The molecule has 1 aliphatic heterocycles. The quantitative estimate of drug-likeness (QED) is 0.115. The van der Waals surface area contributed by atoms with Crippen LogP contribution >= 0.6 is 15.9 Å². The van der Waals surface area contributed by atoms with Crippen LogP contribution in [0.15, 0.2) is 71.2 Å². The highest BCUT2D eigenvalue weighted by Crippen LogP contribution is 2.30. The van der Waals surface area contributed by atoms with E-state index in [1.165, 1.54) is 6.92 Å². The summed E-state index contributed by atoms with van der Waals surface area (Å²) in [5, 5.41) is 0. The van der Waals surface area contributed by atoms with Gasteiger partial charge in [-0.05, 0) is 71.2 Å². The van der Waals surface area contributed by atoms with E-state index in [9.17, 15) is 9.59 Å². The molecule has 1 fully saturated rings. The monoisotopic (exact) mass is 696 g/mol. The summed E-state index contributed by atoms with van der Waals surface area (Å²) >= 11 is 3.49. The van der Waals surface area contributed by atoms with E-state index in [0.29, 0.717) is 41.8 Å². The van der Waals surface area contributed by atoms with Crippen LogP contribution in [0.2, 0.25) is 0 Å². The molecule has 8 nitrogen and oxygen atoms in total. The molecule has 1 unspecified atom stereocenters. The van der Waals surface area contributed by atoms with Gasteiger partial charge in [-0.1, -0.05) is 68.4 Å². The molecule has 2 N–H and O–H groups in total. The number of rotatable bonds is 15. The van der Waals surface area contributed by atoms with E-state index < -0.39 is 11.6 Å². The standard InChI is InChI=1S/C36H46BrFN4O4/c1-4-40(5-2)26-30-24-29(25-32(37)33(30)39)34(43)45-23-21-42-19-17-41(18-20-42)16-9-22-46-35(44)36(3,38)31-14-12-28(13-15-31)27-10-7-6-8-11-27/h6-8,10-15,24-25H,4-5,9,16-23,26,39H2,1-3H3. The first-order chi connectivity index (χ1) is 22.1. The molecule has 0 aromatic heterocycles. The highest BCUT2D eigenvalue weighted by Gasteiger charge is 2.37. The molecule has 1 heterocycles. The van der Waals surface area contributed by atoms with Crippen LogP contribution in [0.5, 0.6) is 0 Å². The van der Waals surface area contributed by atoms with Gasteiger partial charge in [-0.25, -0.2) is 14.0 Å².